The smallest absolute Gasteiger partial charge is 0.128 e. The second-order valence-electron chi connectivity index (χ2n) is 5.25. The lowest BCUT2D eigenvalue weighted by Crippen LogP contribution is -2.38. The molecule has 1 N–H and O–H groups in total. The molecule has 0 amide bonds. The Labute approximate surface area is 123 Å². The normalized spacial score (nSPS) is 18.2. The zero-order valence-electron chi connectivity index (χ0n) is 12.1. The number of aryl methyl sites for hydroxylation is 1. The number of hydrogen-bond acceptors (Lipinski definition) is 3. The van der Waals surface area contributed by atoms with Crippen LogP contribution in [0.15, 0.2) is 12.1 Å². The first-order valence-corrected chi connectivity index (χ1v) is 8.22. The van der Waals surface area contributed by atoms with Crippen LogP contribution < -0.4 is 5.32 Å². The third-order valence-electron chi connectivity index (χ3n) is 3.73. The van der Waals surface area contributed by atoms with E-state index in [0.717, 1.165) is 26.2 Å². The highest BCUT2D eigenvalue weighted by Gasteiger charge is 2.14. The highest BCUT2D eigenvalue weighted by Crippen LogP contribution is 2.20. The second-order valence-corrected chi connectivity index (χ2v) is 6.48. The number of thioether (sulfide) groups is 1. The minimum Gasteiger partial charge on any atom is -0.309 e. The van der Waals surface area contributed by atoms with Crippen molar-refractivity contribution in [1.29, 1.82) is 0 Å². The molecule has 1 unspecified atom stereocenters. The van der Waals surface area contributed by atoms with Crippen molar-refractivity contribution >= 4 is 11.8 Å². The van der Waals surface area contributed by atoms with Crippen LogP contribution in [0.25, 0.3) is 0 Å². The zero-order chi connectivity index (χ0) is 14.5. The van der Waals surface area contributed by atoms with Gasteiger partial charge in [0, 0.05) is 49.3 Å². The number of hydrogen-bond donors (Lipinski definition) is 1. The summed E-state index contributed by atoms with van der Waals surface area (Å²) in [6.45, 7) is 7.44. The summed E-state index contributed by atoms with van der Waals surface area (Å²) in [5.41, 5.74) is 0.756. The van der Waals surface area contributed by atoms with Crippen LogP contribution in [-0.4, -0.2) is 42.6 Å². The van der Waals surface area contributed by atoms with E-state index in [1.807, 2.05) is 18.7 Å². The number of rotatable bonds is 5. The van der Waals surface area contributed by atoms with Crippen LogP contribution in [0.3, 0.4) is 0 Å². The van der Waals surface area contributed by atoms with Gasteiger partial charge in [0.05, 0.1) is 0 Å². The van der Waals surface area contributed by atoms with Gasteiger partial charge in [-0.05, 0) is 31.5 Å². The maximum atomic E-state index is 13.8. The average Bonchev–Trinajstić information content (AvgIpc) is 2.44. The molecule has 0 saturated carbocycles. The molecule has 0 spiro atoms. The minimum absolute atomic E-state index is 0.177. The van der Waals surface area contributed by atoms with Gasteiger partial charge in [0.2, 0.25) is 0 Å². The van der Waals surface area contributed by atoms with Gasteiger partial charge >= 0.3 is 0 Å². The number of halogens is 2. The van der Waals surface area contributed by atoms with E-state index in [9.17, 15) is 8.78 Å². The lowest BCUT2D eigenvalue weighted by atomic mass is 10.1. The molecule has 1 fully saturated rings. The van der Waals surface area contributed by atoms with Crippen LogP contribution in [0, 0.1) is 18.6 Å². The van der Waals surface area contributed by atoms with Gasteiger partial charge in [-0.2, -0.15) is 11.8 Å². The molecule has 1 aromatic carbocycles. The fraction of sp³-hybridized carbons (Fsp3) is 0.600. The number of nitrogens with one attached hydrogen (secondary N) is 1. The maximum absolute atomic E-state index is 13.8. The Kier molecular flexibility index (Phi) is 5.81. The molecule has 5 heteroatoms. The summed E-state index contributed by atoms with van der Waals surface area (Å²) >= 11 is 1.99. The van der Waals surface area contributed by atoms with Gasteiger partial charge in [-0.1, -0.05) is 0 Å². The molecule has 1 heterocycles. The second kappa shape index (κ2) is 7.38. The summed E-state index contributed by atoms with van der Waals surface area (Å²) in [6, 6.07) is 2.40. The van der Waals surface area contributed by atoms with Gasteiger partial charge in [-0.25, -0.2) is 8.78 Å². The van der Waals surface area contributed by atoms with Gasteiger partial charge in [-0.3, -0.25) is 0 Å². The summed E-state index contributed by atoms with van der Waals surface area (Å²) < 4.78 is 27.4. The molecule has 2 nitrogen and oxygen atoms in total. The van der Waals surface area contributed by atoms with Crippen molar-refractivity contribution in [2.75, 3.05) is 37.7 Å². The van der Waals surface area contributed by atoms with E-state index in [2.05, 4.69) is 10.2 Å². The fourth-order valence-corrected chi connectivity index (χ4v) is 3.35. The topological polar surface area (TPSA) is 15.3 Å². The summed E-state index contributed by atoms with van der Waals surface area (Å²) in [6.07, 6.45) is 0. The molecule has 0 radical (unpaired) electrons. The van der Waals surface area contributed by atoms with Gasteiger partial charge in [0.15, 0.2) is 0 Å². The highest BCUT2D eigenvalue weighted by atomic mass is 32.2. The maximum Gasteiger partial charge on any atom is 0.128 e. The van der Waals surface area contributed by atoms with E-state index in [1.54, 1.807) is 6.92 Å². The van der Waals surface area contributed by atoms with Crippen molar-refractivity contribution in [1.82, 2.24) is 10.2 Å². The van der Waals surface area contributed by atoms with E-state index in [1.165, 1.54) is 23.6 Å². The third kappa shape index (κ3) is 4.17. The molecule has 1 aromatic rings. The Morgan fingerprint density at radius 2 is 1.95 bits per heavy atom. The zero-order valence-corrected chi connectivity index (χ0v) is 12.9. The van der Waals surface area contributed by atoms with E-state index in [4.69, 9.17) is 0 Å². The van der Waals surface area contributed by atoms with Crippen molar-refractivity contribution < 1.29 is 8.78 Å². The number of nitrogens with zero attached hydrogens (tertiary/aromatic N) is 1. The molecule has 1 saturated heterocycles. The van der Waals surface area contributed by atoms with E-state index < -0.39 is 0 Å². The Bertz CT molecular complexity index is 448. The first-order chi connectivity index (χ1) is 9.58. The van der Waals surface area contributed by atoms with Crippen LogP contribution >= 0.6 is 11.8 Å². The molecule has 1 aliphatic heterocycles. The number of benzene rings is 1. The van der Waals surface area contributed by atoms with Gasteiger partial charge in [0.1, 0.15) is 11.6 Å². The minimum atomic E-state index is -0.344. The van der Waals surface area contributed by atoms with Crippen molar-refractivity contribution in [3.8, 4) is 0 Å². The van der Waals surface area contributed by atoms with Gasteiger partial charge in [-0.15, -0.1) is 0 Å². The fourth-order valence-electron chi connectivity index (χ4n) is 2.37. The molecular formula is C15H22F2N2S. The van der Waals surface area contributed by atoms with Crippen LogP contribution in [0.5, 0.6) is 0 Å². The summed E-state index contributed by atoms with van der Waals surface area (Å²) in [7, 11) is 0. The Morgan fingerprint density at radius 3 is 2.65 bits per heavy atom. The lowest BCUT2D eigenvalue weighted by molar-refractivity contribution is 0.296. The molecule has 0 aromatic heterocycles. The van der Waals surface area contributed by atoms with Crippen molar-refractivity contribution in [2.24, 2.45) is 0 Å². The monoisotopic (exact) mass is 300 g/mol. The summed E-state index contributed by atoms with van der Waals surface area (Å²) in [5, 5.41) is 3.28. The molecule has 1 atom stereocenters. The van der Waals surface area contributed by atoms with Gasteiger partial charge < -0.3 is 10.2 Å². The molecule has 0 bridgehead atoms. The predicted molar refractivity (Wildman–Crippen MR) is 81.3 cm³/mol. The van der Waals surface area contributed by atoms with Crippen LogP contribution in [-0.2, 0) is 0 Å². The SMILES string of the molecule is Cc1cc(F)c(C(C)NCCN2CCSCC2)cc1F. The Balaban J connectivity index is 1.85. The van der Waals surface area contributed by atoms with Gasteiger partial charge in [0.25, 0.3) is 0 Å². The van der Waals surface area contributed by atoms with Crippen LogP contribution in [0.1, 0.15) is 24.1 Å². The quantitative estimate of drug-likeness (QED) is 0.900. The molecule has 20 heavy (non-hydrogen) atoms. The van der Waals surface area contributed by atoms with E-state index >= 15 is 0 Å². The van der Waals surface area contributed by atoms with E-state index in [-0.39, 0.29) is 17.7 Å². The largest absolute Gasteiger partial charge is 0.309 e. The molecule has 1 aliphatic rings. The van der Waals surface area contributed by atoms with Crippen LogP contribution in [0.4, 0.5) is 8.78 Å². The average molecular weight is 300 g/mol. The molecule has 2 rings (SSSR count). The predicted octanol–water partition coefficient (Wildman–Crippen LogP) is 2.97. The third-order valence-corrected chi connectivity index (χ3v) is 4.67. The molecule has 0 aliphatic carbocycles. The summed E-state index contributed by atoms with van der Waals surface area (Å²) in [4.78, 5) is 2.41. The van der Waals surface area contributed by atoms with Crippen LogP contribution in [0.2, 0.25) is 0 Å². The van der Waals surface area contributed by atoms with Crippen molar-refractivity contribution in [3.63, 3.8) is 0 Å². The van der Waals surface area contributed by atoms with Crippen molar-refractivity contribution in [3.05, 3.63) is 34.9 Å². The standard InChI is InChI=1S/C15H22F2N2S/c1-11-9-15(17)13(10-14(11)16)12(2)18-3-4-19-5-7-20-8-6-19/h9-10,12,18H,3-8H2,1-2H3. The first kappa shape index (κ1) is 15.7. The lowest BCUT2D eigenvalue weighted by Gasteiger charge is -2.27. The highest BCUT2D eigenvalue weighted by molar-refractivity contribution is 7.99. The Morgan fingerprint density at radius 1 is 1.25 bits per heavy atom. The first-order valence-electron chi connectivity index (χ1n) is 7.07. The Hall–Kier alpha value is -0.650. The van der Waals surface area contributed by atoms with E-state index in [0.29, 0.717) is 11.1 Å². The molecular weight excluding hydrogens is 278 g/mol. The summed E-state index contributed by atoms with van der Waals surface area (Å²) in [5.74, 6) is 1.70. The van der Waals surface area contributed by atoms with Crippen molar-refractivity contribution in [2.45, 2.75) is 19.9 Å². The molecule has 112 valence electrons.